The number of fused-ring (bicyclic) bond motifs is 4. The first-order chi connectivity index (χ1) is 10.8. The van der Waals surface area contributed by atoms with E-state index in [2.05, 4.69) is 22.3 Å². The highest BCUT2D eigenvalue weighted by atomic mass is 16.5. The molecule has 120 valence electrons. The van der Waals surface area contributed by atoms with Gasteiger partial charge in [0, 0.05) is 36.3 Å². The number of benzene rings is 1. The van der Waals surface area contributed by atoms with Crippen molar-refractivity contribution < 1.29 is 9.47 Å². The molecule has 0 spiro atoms. The molecule has 0 unspecified atom stereocenters. The highest BCUT2D eigenvalue weighted by Crippen LogP contribution is 2.46. The molecule has 0 radical (unpaired) electrons. The molecule has 3 heterocycles. The van der Waals surface area contributed by atoms with Gasteiger partial charge in [-0.3, -0.25) is 4.90 Å². The predicted octanol–water partition coefficient (Wildman–Crippen LogP) is 2.37. The first-order valence-electron chi connectivity index (χ1n) is 8.53. The average molecular weight is 302 g/mol. The molecule has 0 aromatic heterocycles. The summed E-state index contributed by atoms with van der Waals surface area (Å²) in [6.07, 6.45) is 4.97. The molecule has 0 amide bonds. The Morgan fingerprint density at radius 3 is 2.82 bits per heavy atom. The number of rotatable bonds is 2. The fraction of sp³-hybridized carbons (Fsp3) is 0.667. The summed E-state index contributed by atoms with van der Waals surface area (Å²) in [6, 6.07) is 5.26. The lowest BCUT2D eigenvalue weighted by molar-refractivity contribution is 0.0533. The smallest absolute Gasteiger partial charge is 0.124 e. The van der Waals surface area contributed by atoms with E-state index < -0.39 is 0 Å². The van der Waals surface area contributed by atoms with Gasteiger partial charge in [-0.15, -0.1) is 0 Å². The van der Waals surface area contributed by atoms with E-state index in [-0.39, 0.29) is 0 Å². The number of ether oxygens (including phenoxy) is 2. The molecule has 1 N–H and O–H groups in total. The summed E-state index contributed by atoms with van der Waals surface area (Å²) >= 11 is 0. The van der Waals surface area contributed by atoms with Crippen LogP contribution in [-0.2, 0) is 6.42 Å². The van der Waals surface area contributed by atoms with Crippen LogP contribution < -0.4 is 14.8 Å². The second-order valence-electron chi connectivity index (χ2n) is 6.82. The van der Waals surface area contributed by atoms with Crippen LogP contribution in [0.1, 0.15) is 36.4 Å². The van der Waals surface area contributed by atoms with E-state index >= 15 is 0 Å². The molecule has 3 aliphatic heterocycles. The Morgan fingerprint density at radius 1 is 1.18 bits per heavy atom. The minimum Gasteiger partial charge on any atom is -0.496 e. The fourth-order valence-electron chi connectivity index (χ4n) is 4.75. The van der Waals surface area contributed by atoms with Crippen LogP contribution in [0.4, 0.5) is 0 Å². The summed E-state index contributed by atoms with van der Waals surface area (Å²) in [5.41, 5.74) is 2.73. The van der Waals surface area contributed by atoms with Crippen LogP contribution in [-0.4, -0.2) is 44.8 Å². The third-order valence-electron chi connectivity index (χ3n) is 5.81. The van der Waals surface area contributed by atoms with Crippen LogP contribution in [0, 0.1) is 5.92 Å². The first kappa shape index (κ1) is 14.3. The van der Waals surface area contributed by atoms with Crippen molar-refractivity contribution in [2.45, 2.75) is 37.8 Å². The van der Waals surface area contributed by atoms with Gasteiger partial charge in [0.2, 0.25) is 0 Å². The van der Waals surface area contributed by atoms with Crippen LogP contribution in [0.5, 0.6) is 11.5 Å². The van der Waals surface area contributed by atoms with Crippen molar-refractivity contribution in [2.75, 3.05) is 33.9 Å². The van der Waals surface area contributed by atoms with Gasteiger partial charge in [-0.2, -0.15) is 0 Å². The van der Waals surface area contributed by atoms with Gasteiger partial charge in [0.15, 0.2) is 0 Å². The molecular formula is C18H26N2O2. The first-order valence-corrected chi connectivity index (χ1v) is 8.53. The van der Waals surface area contributed by atoms with E-state index in [9.17, 15) is 0 Å². The Labute approximate surface area is 132 Å². The Bertz CT molecular complexity index is 560. The minimum absolute atomic E-state index is 0.473. The van der Waals surface area contributed by atoms with Gasteiger partial charge in [0.25, 0.3) is 0 Å². The second-order valence-corrected chi connectivity index (χ2v) is 6.82. The summed E-state index contributed by atoms with van der Waals surface area (Å²) in [5, 5.41) is 3.75. The second kappa shape index (κ2) is 5.74. The maximum Gasteiger partial charge on any atom is 0.124 e. The van der Waals surface area contributed by atoms with E-state index in [1.165, 1.54) is 43.5 Å². The summed E-state index contributed by atoms with van der Waals surface area (Å²) in [7, 11) is 3.56. The van der Waals surface area contributed by atoms with Gasteiger partial charge in [0.1, 0.15) is 11.5 Å². The molecule has 1 aromatic rings. The number of nitrogens with one attached hydrogen (secondary N) is 1. The third kappa shape index (κ3) is 2.20. The van der Waals surface area contributed by atoms with Gasteiger partial charge in [-0.25, -0.2) is 0 Å². The minimum atomic E-state index is 0.473. The predicted molar refractivity (Wildman–Crippen MR) is 86.7 cm³/mol. The SMILES string of the molecule is COc1ccc(OC)c2c1CCN1C[C@H]3CCCN[C@H]3C[C@@H]21. The number of hydrogen-bond acceptors (Lipinski definition) is 4. The van der Waals surface area contributed by atoms with Crippen LogP contribution in [0.3, 0.4) is 0 Å². The Kier molecular flexibility index (Phi) is 3.74. The molecule has 1 aromatic carbocycles. The standard InChI is InChI=1S/C18H26N2O2/c1-21-16-5-6-17(22-2)18-13(16)7-9-20-11-12-4-3-8-19-14(12)10-15(18)20/h5-6,12,14-15,19H,3-4,7-11H2,1-2H3/t12-,14+,15+/m1/s1. The summed E-state index contributed by atoms with van der Waals surface area (Å²) < 4.78 is 11.3. The molecule has 2 fully saturated rings. The number of piperidine rings is 2. The van der Waals surface area contributed by atoms with Gasteiger partial charge < -0.3 is 14.8 Å². The van der Waals surface area contributed by atoms with E-state index in [1.807, 2.05) is 0 Å². The van der Waals surface area contributed by atoms with Crippen molar-refractivity contribution in [1.82, 2.24) is 10.2 Å². The number of hydrogen-bond donors (Lipinski definition) is 1. The Hall–Kier alpha value is -1.26. The van der Waals surface area contributed by atoms with Crippen molar-refractivity contribution >= 4 is 0 Å². The van der Waals surface area contributed by atoms with Crippen molar-refractivity contribution in [3.05, 3.63) is 23.3 Å². The molecule has 3 atom stereocenters. The van der Waals surface area contributed by atoms with Crippen LogP contribution in [0.25, 0.3) is 0 Å². The quantitative estimate of drug-likeness (QED) is 0.909. The molecule has 2 saturated heterocycles. The van der Waals surface area contributed by atoms with E-state index in [1.54, 1.807) is 14.2 Å². The average Bonchev–Trinajstić information content (AvgIpc) is 2.58. The molecule has 0 aliphatic carbocycles. The van der Waals surface area contributed by atoms with Crippen LogP contribution in [0.2, 0.25) is 0 Å². The lowest BCUT2D eigenvalue weighted by atomic mass is 9.77. The third-order valence-corrected chi connectivity index (χ3v) is 5.81. The molecule has 0 bridgehead atoms. The van der Waals surface area contributed by atoms with Crippen LogP contribution >= 0.6 is 0 Å². The topological polar surface area (TPSA) is 33.7 Å². The number of nitrogens with zero attached hydrogens (tertiary/aromatic N) is 1. The molecule has 4 heteroatoms. The van der Waals surface area contributed by atoms with Crippen molar-refractivity contribution in [3.63, 3.8) is 0 Å². The normalized spacial score (nSPS) is 30.9. The zero-order valence-electron chi connectivity index (χ0n) is 13.6. The van der Waals surface area contributed by atoms with E-state index in [0.29, 0.717) is 12.1 Å². The highest BCUT2D eigenvalue weighted by molar-refractivity contribution is 5.52. The molecule has 22 heavy (non-hydrogen) atoms. The lowest BCUT2D eigenvalue weighted by Gasteiger charge is -2.49. The van der Waals surface area contributed by atoms with Gasteiger partial charge in [-0.1, -0.05) is 0 Å². The summed E-state index contributed by atoms with van der Waals surface area (Å²) in [5.74, 6) is 2.87. The number of methoxy groups -OCH3 is 2. The van der Waals surface area contributed by atoms with E-state index in [0.717, 1.165) is 30.4 Å². The van der Waals surface area contributed by atoms with Crippen molar-refractivity contribution in [3.8, 4) is 11.5 Å². The van der Waals surface area contributed by atoms with Gasteiger partial charge in [-0.05, 0) is 50.3 Å². The highest BCUT2D eigenvalue weighted by Gasteiger charge is 2.41. The lowest BCUT2D eigenvalue weighted by Crippen LogP contribution is -2.54. The van der Waals surface area contributed by atoms with E-state index in [4.69, 9.17) is 9.47 Å². The fourth-order valence-corrected chi connectivity index (χ4v) is 4.75. The zero-order chi connectivity index (χ0) is 15.1. The molecule has 4 nitrogen and oxygen atoms in total. The largest absolute Gasteiger partial charge is 0.496 e. The van der Waals surface area contributed by atoms with Gasteiger partial charge in [0.05, 0.1) is 14.2 Å². The maximum atomic E-state index is 5.69. The van der Waals surface area contributed by atoms with Crippen LogP contribution in [0.15, 0.2) is 12.1 Å². The molecule has 0 saturated carbocycles. The molecule has 3 aliphatic rings. The van der Waals surface area contributed by atoms with Crippen molar-refractivity contribution in [2.24, 2.45) is 5.92 Å². The monoisotopic (exact) mass is 302 g/mol. The zero-order valence-corrected chi connectivity index (χ0v) is 13.6. The molecule has 4 rings (SSSR count). The summed E-state index contributed by atoms with van der Waals surface area (Å²) in [4.78, 5) is 2.68. The Balaban J connectivity index is 1.73. The van der Waals surface area contributed by atoms with Crippen molar-refractivity contribution in [1.29, 1.82) is 0 Å². The van der Waals surface area contributed by atoms with Gasteiger partial charge >= 0.3 is 0 Å². The molecular weight excluding hydrogens is 276 g/mol. The Morgan fingerprint density at radius 2 is 2.00 bits per heavy atom. The summed E-state index contributed by atoms with van der Waals surface area (Å²) in [6.45, 7) is 3.54. The maximum absolute atomic E-state index is 5.69.